The van der Waals surface area contributed by atoms with Crippen molar-refractivity contribution in [2.45, 2.75) is 6.54 Å². The second-order valence-corrected chi connectivity index (χ2v) is 3.24. The van der Waals surface area contributed by atoms with Crippen LogP contribution < -0.4 is 5.32 Å². The van der Waals surface area contributed by atoms with Crippen LogP contribution in [0.3, 0.4) is 0 Å². The number of rotatable bonds is 4. The summed E-state index contributed by atoms with van der Waals surface area (Å²) in [6, 6.07) is 0. The Kier molecular flexibility index (Phi) is 3.78. The smallest absolute Gasteiger partial charge is 0.140 e. The second-order valence-electron chi connectivity index (χ2n) is 2.17. The Hall–Kier alpha value is -0.170. The number of hydrogen-bond acceptors (Lipinski definition) is 3. The summed E-state index contributed by atoms with van der Waals surface area (Å²) in [7, 11) is 1.90. The lowest BCUT2D eigenvalue weighted by Crippen LogP contribution is -2.18. The van der Waals surface area contributed by atoms with Gasteiger partial charge < -0.3 is 5.32 Å². The van der Waals surface area contributed by atoms with Crippen LogP contribution in [0.2, 0.25) is 0 Å². The van der Waals surface area contributed by atoms with Crippen LogP contribution in [0.4, 0.5) is 0 Å². The van der Waals surface area contributed by atoms with E-state index in [2.05, 4.69) is 38.0 Å². The summed E-state index contributed by atoms with van der Waals surface area (Å²) < 4.78 is 2.90. The van der Waals surface area contributed by atoms with E-state index in [1.54, 1.807) is 11.0 Å². The maximum atomic E-state index is 4.07. The molecule has 0 aliphatic heterocycles. The van der Waals surface area contributed by atoms with Crippen LogP contribution in [-0.2, 0) is 13.6 Å². The van der Waals surface area contributed by atoms with E-state index >= 15 is 0 Å². The minimum Gasteiger partial charge on any atom is -0.309 e. The van der Waals surface area contributed by atoms with E-state index in [0.29, 0.717) is 0 Å². The van der Waals surface area contributed by atoms with E-state index in [1.807, 2.05) is 7.05 Å². The van der Waals surface area contributed by atoms with Crippen LogP contribution in [0, 0.1) is 0 Å². The Bertz CT molecular complexity index is 210. The Morgan fingerprint density at radius 2 is 2.55 bits per heavy atom. The molecule has 1 aromatic rings. The maximum absolute atomic E-state index is 4.07. The molecule has 0 amide bonds. The fraction of sp³-hybridized carbons (Fsp3) is 0.667. The van der Waals surface area contributed by atoms with Crippen molar-refractivity contribution in [3.8, 4) is 0 Å². The fourth-order valence-electron chi connectivity index (χ4n) is 0.747. The highest BCUT2D eigenvalue weighted by Crippen LogP contribution is 1.88. The molecule has 0 fully saturated rings. The van der Waals surface area contributed by atoms with Crippen molar-refractivity contribution >= 4 is 22.6 Å². The Morgan fingerprint density at radius 1 is 1.73 bits per heavy atom. The zero-order chi connectivity index (χ0) is 8.10. The summed E-state index contributed by atoms with van der Waals surface area (Å²) in [6.45, 7) is 1.83. The van der Waals surface area contributed by atoms with Gasteiger partial charge >= 0.3 is 0 Å². The van der Waals surface area contributed by atoms with Gasteiger partial charge in [-0.1, -0.05) is 22.6 Å². The molecule has 11 heavy (non-hydrogen) atoms. The maximum Gasteiger partial charge on any atom is 0.140 e. The van der Waals surface area contributed by atoms with Crippen molar-refractivity contribution in [1.82, 2.24) is 20.1 Å². The normalized spacial score (nSPS) is 10.4. The zero-order valence-corrected chi connectivity index (χ0v) is 8.58. The number of aryl methyl sites for hydroxylation is 1. The van der Waals surface area contributed by atoms with E-state index in [1.165, 1.54) is 0 Å². The highest BCUT2D eigenvalue weighted by atomic mass is 127. The Morgan fingerprint density at radius 3 is 3.09 bits per heavy atom. The van der Waals surface area contributed by atoms with Gasteiger partial charge in [-0.3, -0.25) is 4.68 Å². The fourth-order valence-corrected chi connectivity index (χ4v) is 1.13. The molecule has 0 atom stereocenters. The summed E-state index contributed by atoms with van der Waals surface area (Å²) in [5, 5.41) is 7.21. The van der Waals surface area contributed by atoms with Crippen molar-refractivity contribution in [3.05, 3.63) is 12.2 Å². The SMILES string of the molecule is Cn1ncnc1CNCCI. The molecule has 0 saturated heterocycles. The van der Waals surface area contributed by atoms with Gasteiger partial charge in [0.2, 0.25) is 0 Å². The predicted molar refractivity (Wildman–Crippen MR) is 51.6 cm³/mol. The lowest BCUT2D eigenvalue weighted by molar-refractivity contribution is 0.634. The first kappa shape index (κ1) is 8.92. The third kappa shape index (κ3) is 2.74. The second kappa shape index (κ2) is 4.66. The summed E-state index contributed by atoms with van der Waals surface area (Å²) in [5.74, 6) is 0.981. The molecule has 62 valence electrons. The number of halogens is 1. The molecule has 0 aliphatic rings. The van der Waals surface area contributed by atoms with Gasteiger partial charge in [0.25, 0.3) is 0 Å². The summed E-state index contributed by atoms with van der Waals surface area (Å²) in [4.78, 5) is 4.07. The van der Waals surface area contributed by atoms with Crippen molar-refractivity contribution in [2.24, 2.45) is 7.05 Å². The molecule has 1 heterocycles. The average Bonchev–Trinajstić information content (AvgIpc) is 2.37. The first-order valence-corrected chi connectivity index (χ1v) is 4.96. The van der Waals surface area contributed by atoms with Gasteiger partial charge in [0.1, 0.15) is 12.2 Å². The first-order valence-electron chi connectivity index (χ1n) is 3.44. The molecular formula is C6H11IN4. The molecule has 0 aliphatic carbocycles. The average molecular weight is 266 g/mol. The molecule has 0 aromatic carbocycles. The highest BCUT2D eigenvalue weighted by molar-refractivity contribution is 14.1. The van der Waals surface area contributed by atoms with E-state index in [9.17, 15) is 0 Å². The third-order valence-corrected chi connectivity index (χ3v) is 1.90. The third-order valence-electron chi connectivity index (χ3n) is 1.36. The largest absolute Gasteiger partial charge is 0.309 e. The number of nitrogens with one attached hydrogen (secondary N) is 1. The van der Waals surface area contributed by atoms with Crippen LogP contribution in [-0.4, -0.2) is 25.7 Å². The van der Waals surface area contributed by atoms with Crippen molar-refractivity contribution in [3.63, 3.8) is 0 Å². The highest BCUT2D eigenvalue weighted by Gasteiger charge is 1.97. The lowest BCUT2D eigenvalue weighted by Gasteiger charge is -2.00. The Labute approximate surface area is 79.5 Å². The van der Waals surface area contributed by atoms with Crippen LogP contribution in [0.5, 0.6) is 0 Å². The molecule has 1 N–H and O–H groups in total. The predicted octanol–water partition coefficient (Wildman–Crippen LogP) is 0.340. The van der Waals surface area contributed by atoms with Gasteiger partial charge in [0.05, 0.1) is 6.54 Å². The van der Waals surface area contributed by atoms with Crippen LogP contribution >= 0.6 is 22.6 Å². The summed E-state index contributed by atoms with van der Waals surface area (Å²) >= 11 is 2.33. The van der Waals surface area contributed by atoms with Gasteiger partial charge in [-0.2, -0.15) is 5.10 Å². The van der Waals surface area contributed by atoms with Crippen molar-refractivity contribution in [2.75, 3.05) is 11.0 Å². The minimum atomic E-state index is 0.805. The topological polar surface area (TPSA) is 42.7 Å². The standard InChI is InChI=1S/C6H11IN4/c1-11-6(9-5-10-11)4-8-3-2-7/h5,8H,2-4H2,1H3. The van der Waals surface area contributed by atoms with Gasteiger partial charge in [-0.25, -0.2) is 4.98 Å². The molecule has 0 unspecified atom stereocenters. The van der Waals surface area contributed by atoms with E-state index in [4.69, 9.17) is 0 Å². The van der Waals surface area contributed by atoms with E-state index in [-0.39, 0.29) is 0 Å². The number of nitrogens with zero attached hydrogens (tertiary/aromatic N) is 3. The zero-order valence-electron chi connectivity index (χ0n) is 6.42. The number of alkyl halides is 1. The monoisotopic (exact) mass is 266 g/mol. The molecule has 1 aromatic heterocycles. The first-order chi connectivity index (χ1) is 5.34. The van der Waals surface area contributed by atoms with Crippen molar-refractivity contribution in [1.29, 1.82) is 0 Å². The molecule has 0 bridgehead atoms. The van der Waals surface area contributed by atoms with E-state index < -0.39 is 0 Å². The van der Waals surface area contributed by atoms with Crippen LogP contribution in [0.25, 0.3) is 0 Å². The lowest BCUT2D eigenvalue weighted by atomic mass is 10.5. The molecule has 5 heteroatoms. The number of hydrogen-bond donors (Lipinski definition) is 1. The van der Waals surface area contributed by atoms with Gasteiger partial charge in [-0.05, 0) is 0 Å². The van der Waals surface area contributed by atoms with E-state index in [0.717, 1.165) is 23.3 Å². The Balaban J connectivity index is 2.32. The van der Waals surface area contributed by atoms with Crippen LogP contribution in [0.15, 0.2) is 6.33 Å². The molecule has 4 nitrogen and oxygen atoms in total. The minimum absolute atomic E-state index is 0.805. The molecule has 0 spiro atoms. The molecule has 1 rings (SSSR count). The summed E-state index contributed by atoms with van der Waals surface area (Å²) in [5.41, 5.74) is 0. The van der Waals surface area contributed by atoms with Gasteiger partial charge in [0.15, 0.2) is 0 Å². The quantitative estimate of drug-likeness (QED) is 0.485. The van der Waals surface area contributed by atoms with Crippen LogP contribution in [0.1, 0.15) is 5.82 Å². The summed E-state index contributed by atoms with van der Waals surface area (Å²) in [6.07, 6.45) is 1.57. The molecular weight excluding hydrogens is 255 g/mol. The van der Waals surface area contributed by atoms with Gasteiger partial charge in [-0.15, -0.1) is 0 Å². The molecule has 0 radical (unpaired) electrons. The molecule has 0 saturated carbocycles. The van der Waals surface area contributed by atoms with Crippen molar-refractivity contribution < 1.29 is 0 Å². The van der Waals surface area contributed by atoms with Gasteiger partial charge in [0, 0.05) is 18.0 Å². The number of aromatic nitrogens is 3.